The maximum Gasteiger partial charge on any atom is 0.178 e. The lowest BCUT2D eigenvalue weighted by Crippen LogP contribution is -2.36. The molecule has 0 saturated heterocycles. The van der Waals surface area contributed by atoms with Crippen LogP contribution in [0.25, 0.3) is 28.0 Å². The summed E-state index contributed by atoms with van der Waals surface area (Å²) in [5.74, 6) is 4.10. The van der Waals surface area contributed by atoms with Gasteiger partial charge in [0.25, 0.3) is 0 Å². The molecule has 0 radical (unpaired) electrons. The van der Waals surface area contributed by atoms with Gasteiger partial charge >= 0.3 is 0 Å². The van der Waals surface area contributed by atoms with Gasteiger partial charge in [-0.3, -0.25) is 0 Å². The number of hydrogen-bond acceptors (Lipinski definition) is 4. The van der Waals surface area contributed by atoms with Crippen LogP contribution in [0.2, 0.25) is 0 Å². The molecule has 5 aromatic rings. The Kier molecular flexibility index (Phi) is 6.22. The van der Waals surface area contributed by atoms with Crippen molar-refractivity contribution in [2.24, 2.45) is 11.8 Å². The first kappa shape index (κ1) is 28.1. The Bertz CT molecular complexity index is 2010. The van der Waals surface area contributed by atoms with E-state index in [2.05, 4.69) is 86.0 Å². The fourth-order valence-corrected chi connectivity index (χ4v) is 10.2. The lowest BCUT2D eigenvalue weighted by atomic mass is 9.65. The van der Waals surface area contributed by atoms with Crippen LogP contribution in [0, 0.1) is 18.8 Å². The Hall–Kier alpha value is -4.15. The predicted molar refractivity (Wildman–Crippen MR) is 189 cm³/mol. The van der Waals surface area contributed by atoms with Gasteiger partial charge in [-0.2, -0.15) is 0 Å². The molecule has 5 aromatic carbocycles. The molecule has 1 aliphatic heterocycles. The van der Waals surface area contributed by atoms with E-state index in [9.17, 15) is 0 Å². The summed E-state index contributed by atoms with van der Waals surface area (Å²) >= 11 is 1.81. The highest BCUT2D eigenvalue weighted by molar-refractivity contribution is 7.98. The van der Waals surface area contributed by atoms with Crippen LogP contribution >= 0.6 is 11.8 Å². The van der Waals surface area contributed by atoms with Crippen LogP contribution in [0.15, 0.2) is 95.9 Å². The summed E-state index contributed by atoms with van der Waals surface area (Å²) in [6.45, 7) is 2.25. The minimum Gasteiger partial charge on any atom is -0.497 e. The SMILES string of the molecule is COc1ccc(C2(c3ccc(OC)cc3)C=Cc3c4c(c5cc(C)c(SC)cc5c3O2)-c2ccccc2C42CC3CCC2C3)cc1. The van der Waals surface area contributed by atoms with Crippen LogP contribution in [0.5, 0.6) is 17.2 Å². The second-order valence-corrected chi connectivity index (χ2v) is 14.4. The molecule has 2 saturated carbocycles. The number of ether oxygens (including phenoxy) is 3. The summed E-state index contributed by atoms with van der Waals surface area (Å²) in [6.07, 6.45) is 12.1. The van der Waals surface area contributed by atoms with E-state index >= 15 is 0 Å². The summed E-state index contributed by atoms with van der Waals surface area (Å²) in [6, 6.07) is 30.8. The number of thioether (sulfide) groups is 1. The van der Waals surface area contributed by atoms with Gasteiger partial charge in [0.1, 0.15) is 17.2 Å². The zero-order valence-corrected chi connectivity index (χ0v) is 27.7. The topological polar surface area (TPSA) is 27.7 Å². The molecular weight excluding hydrogens is 585 g/mol. The molecule has 2 fully saturated rings. The Balaban J connectivity index is 1.37. The monoisotopic (exact) mass is 622 g/mol. The molecule has 1 spiro atoms. The maximum atomic E-state index is 7.62. The van der Waals surface area contributed by atoms with Gasteiger partial charge in [0.15, 0.2) is 5.60 Å². The number of aryl methyl sites for hydroxylation is 1. The van der Waals surface area contributed by atoms with Crippen molar-refractivity contribution in [1.82, 2.24) is 0 Å². The Labute approximate surface area is 275 Å². The van der Waals surface area contributed by atoms with Crippen molar-refractivity contribution in [3.8, 4) is 28.4 Å². The van der Waals surface area contributed by atoms with E-state index in [1.165, 1.54) is 74.7 Å². The largest absolute Gasteiger partial charge is 0.497 e. The maximum absolute atomic E-state index is 7.62. The van der Waals surface area contributed by atoms with E-state index in [1.807, 2.05) is 36.0 Å². The number of fused-ring (bicyclic) bond motifs is 13. The fraction of sp³-hybridized carbons (Fsp3) is 0.286. The van der Waals surface area contributed by atoms with Crippen LogP contribution in [0.4, 0.5) is 0 Å². The van der Waals surface area contributed by atoms with Gasteiger partial charge < -0.3 is 14.2 Å². The zero-order chi connectivity index (χ0) is 31.2. The van der Waals surface area contributed by atoms with E-state index in [4.69, 9.17) is 14.2 Å². The third-order valence-electron chi connectivity index (χ3n) is 11.6. The van der Waals surface area contributed by atoms with Crippen LogP contribution in [0.1, 0.15) is 59.1 Å². The molecule has 4 aliphatic rings. The first-order valence-corrected chi connectivity index (χ1v) is 17.7. The standard InChI is InChI=1S/C42H38O3S/c1-25-21-34-35(23-37(25)46-4)40-33(39-38(34)32-7-5-6-8-36(32)41(39)24-26-9-10-29(41)22-26)19-20-42(45-40,27-11-15-30(43-2)16-12-27)28-13-17-31(44-3)18-14-28/h5-8,11-21,23,26,29H,9-10,22,24H2,1-4H3. The Morgan fingerprint density at radius 2 is 1.52 bits per heavy atom. The van der Waals surface area contributed by atoms with Gasteiger partial charge in [0, 0.05) is 32.4 Å². The molecule has 1 heterocycles. The second-order valence-electron chi connectivity index (χ2n) is 13.6. The van der Waals surface area contributed by atoms with E-state index in [0.29, 0.717) is 5.92 Å². The molecule has 3 atom stereocenters. The first-order valence-electron chi connectivity index (χ1n) is 16.5. The van der Waals surface area contributed by atoms with Crippen LogP contribution in [-0.2, 0) is 11.0 Å². The molecule has 4 heteroatoms. The van der Waals surface area contributed by atoms with E-state index in [1.54, 1.807) is 14.2 Å². The molecule has 0 amide bonds. The minimum absolute atomic E-state index is 0.0348. The summed E-state index contributed by atoms with van der Waals surface area (Å²) in [5.41, 5.74) is 9.80. The summed E-state index contributed by atoms with van der Waals surface area (Å²) in [7, 11) is 3.42. The quantitative estimate of drug-likeness (QED) is 0.182. The smallest absolute Gasteiger partial charge is 0.178 e. The molecule has 3 unspecified atom stereocenters. The number of benzene rings is 5. The van der Waals surface area contributed by atoms with Crippen molar-refractivity contribution in [3.05, 3.63) is 124 Å². The summed E-state index contributed by atoms with van der Waals surface area (Å²) in [5, 5.41) is 2.50. The van der Waals surface area contributed by atoms with Gasteiger partial charge in [-0.05, 0) is 120 Å². The lowest BCUT2D eigenvalue weighted by molar-refractivity contribution is 0.162. The predicted octanol–water partition coefficient (Wildman–Crippen LogP) is 10.3. The van der Waals surface area contributed by atoms with E-state index in [0.717, 1.165) is 34.3 Å². The third-order valence-corrected chi connectivity index (χ3v) is 12.5. The van der Waals surface area contributed by atoms with Gasteiger partial charge in [-0.1, -0.05) is 61.0 Å². The highest BCUT2D eigenvalue weighted by atomic mass is 32.2. The molecule has 2 bridgehead atoms. The average molecular weight is 623 g/mol. The molecule has 3 nitrogen and oxygen atoms in total. The van der Waals surface area contributed by atoms with Gasteiger partial charge in [-0.25, -0.2) is 0 Å². The third kappa shape index (κ3) is 3.68. The van der Waals surface area contributed by atoms with Crippen molar-refractivity contribution >= 4 is 28.6 Å². The number of rotatable bonds is 5. The van der Waals surface area contributed by atoms with Crippen LogP contribution in [0.3, 0.4) is 0 Å². The van der Waals surface area contributed by atoms with Crippen molar-refractivity contribution in [1.29, 1.82) is 0 Å². The summed E-state index contributed by atoms with van der Waals surface area (Å²) in [4.78, 5) is 1.29. The lowest BCUT2D eigenvalue weighted by Gasteiger charge is -2.41. The minimum atomic E-state index is -0.829. The number of methoxy groups -OCH3 is 2. The van der Waals surface area contributed by atoms with Gasteiger partial charge in [0.05, 0.1) is 14.2 Å². The molecule has 0 aromatic heterocycles. The van der Waals surface area contributed by atoms with E-state index in [-0.39, 0.29) is 5.41 Å². The van der Waals surface area contributed by atoms with Crippen LogP contribution < -0.4 is 14.2 Å². The van der Waals surface area contributed by atoms with Gasteiger partial charge in [-0.15, -0.1) is 11.8 Å². The highest BCUT2D eigenvalue weighted by Gasteiger charge is 2.58. The zero-order valence-electron chi connectivity index (χ0n) is 26.9. The second kappa shape index (κ2) is 10.2. The Morgan fingerprint density at radius 3 is 2.13 bits per heavy atom. The van der Waals surface area contributed by atoms with Gasteiger partial charge in [0.2, 0.25) is 0 Å². The number of hydrogen-bond donors (Lipinski definition) is 0. The fourth-order valence-electron chi connectivity index (χ4n) is 9.58. The first-order chi connectivity index (χ1) is 22.5. The summed E-state index contributed by atoms with van der Waals surface area (Å²) < 4.78 is 18.7. The van der Waals surface area contributed by atoms with Crippen LogP contribution in [-0.4, -0.2) is 20.5 Å². The van der Waals surface area contributed by atoms with Crippen molar-refractivity contribution in [2.75, 3.05) is 20.5 Å². The Morgan fingerprint density at radius 1 is 0.826 bits per heavy atom. The molecular formula is C42H38O3S. The van der Waals surface area contributed by atoms with E-state index < -0.39 is 5.60 Å². The molecule has 9 rings (SSSR count). The average Bonchev–Trinajstić information content (AvgIpc) is 3.81. The van der Waals surface area contributed by atoms with Crippen molar-refractivity contribution in [2.45, 2.75) is 48.5 Å². The molecule has 230 valence electrons. The van der Waals surface area contributed by atoms with Crippen molar-refractivity contribution in [3.63, 3.8) is 0 Å². The molecule has 3 aliphatic carbocycles. The van der Waals surface area contributed by atoms with Crippen molar-refractivity contribution < 1.29 is 14.2 Å². The molecule has 0 N–H and O–H groups in total. The molecule has 46 heavy (non-hydrogen) atoms. The highest BCUT2D eigenvalue weighted by Crippen LogP contribution is 2.69. The normalized spacial score (nSPS) is 22.9.